The molecule has 0 unspecified atom stereocenters. The van der Waals surface area contributed by atoms with Crippen LogP contribution >= 0.6 is 38.9 Å². The highest BCUT2D eigenvalue weighted by Crippen LogP contribution is 2.27. The molecule has 0 radical (unpaired) electrons. The van der Waals surface area contributed by atoms with Crippen molar-refractivity contribution in [1.82, 2.24) is 9.55 Å². The molecule has 0 aliphatic heterocycles. The summed E-state index contributed by atoms with van der Waals surface area (Å²) in [4.78, 5) is 5.45. The molecule has 0 aliphatic rings. The number of halogens is 3. The quantitative estimate of drug-likeness (QED) is 0.615. The molecule has 0 saturated carbocycles. The first-order valence-electron chi connectivity index (χ1n) is 5.62. The first-order valence-corrected chi connectivity index (χ1v) is 7.83. The Morgan fingerprint density at radius 1 is 1.37 bits per heavy atom. The third-order valence-corrected chi connectivity index (χ3v) is 5.07. The summed E-state index contributed by atoms with van der Waals surface area (Å²) in [6, 6.07) is 6.97. The fourth-order valence-corrected chi connectivity index (χ4v) is 3.69. The van der Waals surface area contributed by atoms with Gasteiger partial charge in [-0.3, -0.25) is 0 Å². The van der Waals surface area contributed by atoms with E-state index in [1.54, 1.807) is 17.4 Å². The Bertz CT molecular complexity index is 737. The van der Waals surface area contributed by atoms with Crippen molar-refractivity contribution in [2.45, 2.75) is 12.4 Å². The maximum Gasteiger partial charge on any atom is 0.151 e. The molecule has 2 nitrogen and oxygen atoms in total. The minimum atomic E-state index is -0.312. The van der Waals surface area contributed by atoms with Gasteiger partial charge in [-0.05, 0) is 39.5 Å². The van der Waals surface area contributed by atoms with Gasteiger partial charge in [-0.15, -0.1) is 22.9 Å². The number of hydrogen-bond acceptors (Lipinski definition) is 2. The number of rotatable bonds is 3. The molecule has 6 heteroatoms. The zero-order valence-electron chi connectivity index (χ0n) is 9.74. The second-order valence-corrected chi connectivity index (χ2v) is 6.17. The topological polar surface area (TPSA) is 17.8 Å². The molecule has 0 N–H and O–H groups in total. The number of hydrogen-bond donors (Lipinski definition) is 0. The van der Waals surface area contributed by atoms with E-state index in [2.05, 4.69) is 20.9 Å². The molecule has 0 bridgehead atoms. The van der Waals surface area contributed by atoms with Gasteiger partial charge in [-0.2, -0.15) is 0 Å². The second-order valence-electron chi connectivity index (χ2n) is 4.05. The number of fused-ring (bicyclic) bond motifs is 1. The van der Waals surface area contributed by atoms with Crippen molar-refractivity contribution in [3.05, 3.63) is 50.6 Å². The zero-order chi connectivity index (χ0) is 13.4. The third-order valence-electron chi connectivity index (χ3n) is 2.92. The van der Waals surface area contributed by atoms with E-state index >= 15 is 0 Å². The number of aromatic nitrogens is 2. The van der Waals surface area contributed by atoms with Gasteiger partial charge in [0.15, 0.2) is 5.82 Å². The normalized spacial score (nSPS) is 11.3. The lowest BCUT2D eigenvalue weighted by Gasteiger charge is -2.06. The summed E-state index contributed by atoms with van der Waals surface area (Å²) in [7, 11) is 0. The van der Waals surface area contributed by atoms with E-state index in [-0.39, 0.29) is 11.7 Å². The molecule has 3 aromatic rings. The number of imidazole rings is 1. The minimum Gasteiger partial charge on any atom is -0.322 e. The first-order chi connectivity index (χ1) is 9.20. The van der Waals surface area contributed by atoms with Crippen molar-refractivity contribution in [3.63, 3.8) is 0 Å². The number of benzene rings is 1. The molecule has 0 fully saturated rings. The van der Waals surface area contributed by atoms with Crippen LogP contribution in [0.3, 0.4) is 0 Å². The summed E-state index contributed by atoms with van der Waals surface area (Å²) in [5.41, 5.74) is 1.15. The Labute approximate surface area is 127 Å². The van der Waals surface area contributed by atoms with Gasteiger partial charge in [-0.1, -0.05) is 6.07 Å². The average molecular weight is 360 g/mol. The lowest BCUT2D eigenvalue weighted by atomic mass is 10.3. The largest absolute Gasteiger partial charge is 0.322 e. The summed E-state index contributed by atoms with van der Waals surface area (Å²) in [6.07, 6.45) is 0. The van der Waals surface area contributed by atoms with E-state index in [9.17, 15) is 4.39 Å². The van der Waals surface area contributed by atoms with Crippen molar-refractivity contribution in [3.8, 4) is 0 Å². The van der Waals surface area contributed by atoms with Crippen LogP contribution in [0.1, 0.15) is 10.7 Å². The van der Waals surface area contributed by atoms with Gasteiger partial charge in [0.25, 0.3) is 0 Å². The van der Waals surface area contributed by atoms with Gasteiger partial charge in [-0.25, -0.2) is 9.37 Å². The summed E-state index contributed by atoms with van der Waals surface area (Å²) in [5.74, 6) is 0.631. The van der Waals surface area contributed by atoms with E-state index in [1.165, 1.54) is 6.07 Å². The Morgan fingerprint density at radius 3 is 2.89 bits per heavy atom. The molecule has 0 atom stereocenters. The maximum atomic E-state index is 13.7. The van der Waals surface area contributed by atoms with Crippen LogP contribution in [0, 0.1) is 5.82 Å². The first kappa shape index (κ1) is 13.1. The van der Waals surface area contributed by atoms with Crippen molar-refractivity contribution in [2.75, 3.05) is 0 Å². The van der Waals surface area contributed by atoms with Gasteiger partial charge in [0.05, 0.1) is 17.9 Å². The number of nitrogens with zero attached hydrogens (tertiary/aromatic N) is 2. The van der Waals surface area contributed by atoms with Crippen molar-refractivity contribution < 1.29 is 4.39 Å². The fourth-order valence-electron chi connectivity index (χ4n) is 2.02. The molecule has 0 amide bonds. The molecule has 98 valence electrons. The number of alkyl halides is 1. The van der Waals surface area contributed by atoms with Crippen LogP contribution in [0.25, 0.3) is 11.0 Å². The molecular weight excluding hydrogens is 351 g/mol. The third kappa shape index (κ3) is 2.30. The summed E-state index contributed by atoms with van der Waals surface area (Å²) < 4.78 is 16.8. The number of para-hydroxylation sites is 1. The monoisotopic (exact) mass is 358 g/mol. The van der Waals surface area contributed by atoms with Crippen LogP contribution in [0.2, 0.25) is 0 Å². The van der Waals surface area contributed by atoms with E-state index < -0.39 is 0 Å². The lowest BCUT2D eigenvalue weighted by molar-refractivity contribution is 0.637. The zero-order valence-corrected chi connectivity index (χ0v) is 12.9. The predicted octanol–water partition coefficient (Wildman–Crippen LogP) is 4.79. The lowest BCUT2D eigenvalue weighted by Crippen LogP contribution is -2.02. The average Bonchev–Trinajstić information content (AvgIpc) is 2.96. The second kappa shape index (κ2) is 5.23. The summed E-state index contributed by atoms with van der Waals surface area (Å²) in [5, 5.41) is 2.01. The van der Waals surface area contributed by atoms with E-state index in [0.717, 1.165) is 14.9 Å². The minimum absolute atomic E-state index is 0.261. The predicted molar refractivity (Wildman–Crippen MR) is 80.4 cm³/mol. The molecule has 2 heterocycles. The van der Waals surface area contributed by atoms with E-state index in [0.29, 0.717) is 17.9 Å². The Hall–Kier alpha value is -0.910. The van der Waals surface area contributed by atoms with Gasteiger partial charge in [0, 0.05) is 9.35 Å². The SMILES string of the molecule is Fc1cccc2c1nc(CCl)n2Cc1sccc1Br. The van der Waals surface area contributed by atoms with Crippen LogP contribution in [-0.2, 0) is 12.4 Å². The fraction of sp³-hybridized carbons (Fsp3) is 0.154. The van der Waals surface area contributed by atoms with Crippen molar-refractivity contribution in [1.29, 1.82) is 0 Å². The van der Waals surface area contributed by atoms with Crippen LogP contribution in [0.4, 0.5) is 4.39 Å². The van der Waals surface area contributed by atoms with Crippen LogP contribution in [0.5, 0.6) is 0 Å². The molecule has 1 aromatic carbocycles. The molecule has 0 spiro atoms. The van der Waals surface area contributed by atoms with Gasteiger partial charge in [0.2, 0.25) is 0 Å². The Kier molecular flexibility index (Phi) is 3.60. The van der Waals surface area contributed by atoms with Crippen molar-refractivity contribution >= 4 is 49.9 Å². The highest BCUT2D eigenvalue weighted by molar-refractivity contribution is 9.10. The standard InChI is InChI=1S/C13H9BrClFN2S/c14-8-4-5-19-11(8)7-18-10-3-1-2-9(16)13(10)17-12(18)6-15/h1-5H,6-7H2. The molecule has 0 aliphatic carbocycles. The van der Waals surface area contributed by atoms with Crippen LogP contribution in [0.15, 0.2) is 34.1 Å². The highest BCUT2D eigenvalue weighted by Gasteiger charge is 2.14. The van der Waals surface area contributed by atoms with E-state index in [4.69, 9.17) is 11.6 Å². The summed E-state index contributed by atoms with van der Waals surface area (Å²) in [6.45, 7) is 0.639. The molecule has 3 rings (SSSR count). The van der Waals surface area contributed by atoms with Crippen LogP contribution in [-0.4, -0.2) is 9.55 Å². The molecule has 2 aromatic heterocycles. The number of thiophene rings is 1. The van der Waals surface area contributed by atoms with Crippen LogP contribution < -0.4 is 0 Å². The van der Waals surface area contributed by atoms with Gasteiger partial charge < -0.3 is 4.57 Å². The summed E-state index contributed by atoms with van der Waals surface area (Å²) >= 11 is 11.1. The van der Waals surface area contributed by atoms with Gasteiger partial charge >= 0.3 is 0 Å². The van der Waals surface area contributed by atoms with E-state index in [1.807, 2.05) is 22.1 Å². The van der Waals surface area contributed by atoms with Gasteiger partial charge in [0.1, 0.15) is 11.3 Å². The van der Waals surface area contributed by atoms with Crippen molar-refractivity contribution in [2.24, 2.45) is 0 Å². The smallest absolute Gasteiger partial charge is 0.151 e. The molecule has 0 saturated heterocycles. The Morgan fingerprint density at radius 2 is 2.21 bits per heavy atom. The highest BCUT2D eigenvalue weighted by atomic mass is 79.9. The molecular formula is C13H9BrClFN2S. The Balaban J connectivity index is 2.16. The maximum absolute atomic E-state index is 13.7. The molecule has 19 heavy (non-hydrogen) atoms.